The van der Waals surface area contributed by atoms with Crippen molar-refractivity contribution in [3.8, 4) is 5.75 Å². The zero-order valence-electron chi connectivity index (χ0n) is 25.6. The van der Waals surface area contributed by atoms with E-state index in [-0.39, 0.29) is 31.7 Å². The summed E-state index contributed by atoms with van der Waals surface area (Å²) in [6, 6.07) is 15.2. The first-order chi connectivity index (χ1) is 21.3. The summed E-state index contributed by atoms with van der Waals surface area (Å²) in [6.45, 7) is 3.41. The topological polar surface area (TPSA) is 174 Å². The predicted molar refractivity (Wildman–Crippen MR) is 169 cm³/mol. The van der Waals surface area contributed by atoms with Crippen molar-refractivity contribution in [2.24, 2.45) is 5.92 Å². The van der Waals surface area contributed by atoms with E-state index in [4.69, 9.17) is 4.74 Å². The second kappa shape index (κ2) is 14.3. The summed E-state index contributed by atoms with van der Waals surface area (Å²) >= 11 is 0. The normalized spacial score (nSPS) is 15.1. The van der Waals surface area contributed by atoms with Gasteiger partial charge in [0.05, 0.1) is 13.2 Å². The molecule has 0 fully saturated rings. The average molecular weight is 639 g/mol. The van der Waals surface area contributed by atoms with Crippen LogP contribution in [0.5, 0.6) is 5.75 Å². The standard InChI is InChI=1S/C32H39N4O8P/c1-19(2)17-25(30(38)35-26(29(37)33-3)18-20-11-13-22(44-4)14-12-20)34-27(45(41,42)43)15-16-36-31(39)23-9-5-7-21-8-6-10-24(28(21)23)32(36)40/h5-14,19,25-27,34H,15-18H2,1-4H3,(H,33,37)(H,35,38)(H2,41,42,43)/t25-,26-,27?/m0/s1. The number of nitrogens with one attached hydrogen (secondary N) is 3. The van der Waals surface area contributed by atoms with Gasteiger partial charge in [-0.05, 0) is 54.0 Å². The van der Waals surface area contributed by atoms with Crippen LogP contribution in [-0.4, -0.2) is 76.9 Å². The quantitative estimate of drug-likeness (QED) is 0.131. The van der Waals surface area contributed by atoms with Crippen molar-refractivity contribution in [1.29, 1.82) is 0 Å². The first-order valence-electron chi connectivity index (χ1n) is 14.7. The van der Waals surface area contributed by atoms with Gasteiger partial charge in [-0.15, -0.1) is 0 Å². The molecule has 3 aromatic carbocycles. The summed E-state index contributed by atoms with van der Waals surface area (Å²) in [5, 5.41) is 9.37. The molecule has 1 unspecified atom stereocenters. The van der Waals surface area contributed by atoms with Crippen LogP contribution < -0.4 is 20.7 Å². The lowest BCUT2D eigenvalue weighted by Gasteiger charge is -2.31. The molecule has 0 spiro atoms. The Bertz CT molecular complexity index is 1570. The largest absolute Gasteiger partial charge is 0.497 e. The van der Waals surface area contributed by atoms with Gasteiger partial charge in [-0.2, -0.15) is 0 Å². The van der Waals surface area contributed by atoms with Gasteiger partial charge in [-0.1, -0.05) is 50.2 Å². The van der Waals surface area contributed by atoms with Gasteiger partial charge in [0.1, 0.15) is 17.6 Å². The molecule has 3 atom stereocenters. The number of amides is 4. The van der Waals surface area contributed by atoms with Crippen molar-refractivity contribution in [2.75, 3.05) is 20.7 Å². The summed E-state index contributed by atoms with van der Waals surface area (Å²) in [4.78, 5) is 74.5. The van der Waals surface area contributed by atoms with E-state index in [2.05, 4.69) is 16.0 Å². The number of likely N-dealkylation sites (N-methyl/N-ethyl adjacent to an activating group) is 1. The van der Waals surface area contributed by atoms with Crippen molar-refractivity contribution in [3.05, 3.63) is 77.4 Å². The highest BCUT2D eigenvalue weighted by atomic mass is 31.2. The summed E-state index contributed by atoms with van der Waals surface area (Å²) in [5.74, 6) is -3.15. The van der Waals surface area contributed by atoms with Crippen molar-refractivity contribution >= 4 is 42.0 Å². The molecule has 4 amide bonds. The van der Waals surface area contributed by atoms with Gasteiger partial charge in [-0.25, -0.2) is 0 Å². The molecule has 4 rings (SSSR count). The highest BCUT2D eigenvalue weighted by molar-refractivity contribution is 7.52. The first-order valence-corrected chi connectivity index (χ1v) is 16.4. The van der Waals surface area contributed by atoms with Gasteiger partial charge in [0.25, 0.3) is 11.8 Å². The van der Waals surface area contributed by atoms with Gasteiger partial charge in [-0.3, -0.25) is 34.0 Å². The molecule has 5 N–H and O–H groups in total. The maximum absolute atomic E-state index is 13.6. The van der Waals surface area contributed by atoms with Crippen LogP contribution in [0.2, 0.25) is 0 Å². The van der Waals surface area contributed by atoms with Crippen LogP contribution in [0.1, 0.15) is 53.0 Å². The predicted octanol–water partition coefficient (Wildman–Crippen LogP) is 2.82. The van der Waals surface area contributed by atoms with Crippen LogP contribution >= 0.6 is 7.60 Å². The van der Waals surface area contributed by atoms with E-state index in [0.717, 1.165) is 15.8 Å². The molecule has 1 aliphatic heterocycles. The maximum atomic E-state index is 13.6. The van der Waals surface area contributed by atoms with Crippen LogP contribution in [0.25, 0.3) is 10.8 Å². The van der Waals surface area contributed by atoms with E-state index in [1.165, 1.54) is 14.2 Å². The van der Waals surface area contributed by atoms with Crippen molar-refractivity contribution in [1.82, 2.24) is 20.9 Å². The van der Waals surface area contributed by atoms with Crippen LogP contribution in [0.4, 0.5) is 0 Å². The molecule has 12 nitrogen and oxygen atoms in total. The third-order valence-corrected chi connectivity index (χ3v) is 9.00. The van der Waals surface area contributed by atoms with E-state index >= 15 is 0 Å². The van der Waals surface area contributed by atoms with Gasteiger partial charge < -0.3 is 25.2 Å². The van der Waals surface area contributed by atoms with Crippen molar-refractivity contribution in [2.45, 2.75) is 51.0 Å². The molecule has 0 aliphatic carbocycles. The van der Waals surface area contributed by atoms with E-state index in [0.29, 0.717) is 22.3 Å². The Balaban J connectivity index is 1.52. The van der Waals surface area contributed by atoms with E-state index in [1.807, 2.05) is 13.8 Å². The van der Waals surface area contributed by atoms with Crippen LogP contribution in [0.3, 0.4) is 0 Å². The fourth-order valence-corrected chi connectivity index (χ4v) is 6.32. The second-order valence-electron chi connectivity index (χ2n) is 11.4. The van der Waals surface area contributed by atoms with E-state index in [1.54, 1.807) is 60.7 Å². The Morgan fingerprint density at radius 2 is 1.51 bits per heavy atom. The molecular weight excluding hydrogens is 599 g/mol. The van der Waals surface area contributed by atoms with Crippen LogP contribution in [0.15, 0.2) is 60.7 Å². The number of carbonyl (C=O) groups excluding carboxylic acids is 4. The third-order valence-electron chi connectivity index (χ3n) is 7.78. The molecule has 45 heavy (non-hydrogen) atoms. The lowest BCUT2D eigenvalue weighted by Crippen LogP contribution is -2.55. The molecule has 0 aromatic heterocycles. The number of hydrogen-bond donors (Lipinski definition) is 5. The van der Waals surface area contributed by atoms with Gasteiger partial charge >= 0.3 is 7.60 Å². The zero-order valence-corrected chi connectivity index (χ0v) is 26.5. The molecule has 0 bridgehead atoms. The summed E-state index contributed by atoms with van der Waals surface area (Å²) in [6.07, 6.45) is 0.0495. The fourth-order valence-electron chi connectivity index (χ4n) is 5.49. The molecule has 1 heterocycles. The highest BCUT2D eigenvalue weighted by Crippen LogP contribution is 2.42. The number of rotatable bonds is 14. The van der Waals surface area contributed by atoms with E-state index < -0.39 is 49.1 Å². The highest BCUT2D eigenvalue weighted by Gasteiger charge is 2.38. The number of benzene rings is 3. The zero-order chi connectivity index (χ0) is 32.9. The Hall–Kier alpha value is -4.09. The Kier molecular flexibility index (Phi) is 10.8. The molecule has 0 radical (unpaired) electrons. The number of imide groups is 1. The molecule has 13 heteroatoms. The van der Waals surface area contributed by atoms with Gasteiger partial charge in [0, 0.05) is 36.5 Å². The van der Waals surface area contributed by atoms with Crippen LogP contribution in [-0.2, 0) is 20.6 Å². The van der Waals surface area contributed by atoms with Gasteiger partial charge in [0.15, 0.2) is 0 Å². The SMILES string of the molecule is CNC(=O)[C@H](Cc1ccc(OC)cc1)NC(=O)[C@H](CC(C)C)NC(CCN1C(=O)c2cccc3cccc(c23)C1=O)P(=O)(O)O. The molecule has 0 saturated carbocycles. The number of hydrogen-bond acceptors (Lipinski definition) is 7. The Labute approximate surface area is 261 Å². The summed E-state index contributed by atoms with van der Waals surface area (Å²) in [5.41, 5.74) is 1.43. The second-order valence-corrected chi connectivity index (χ2v) is 13.2. The third kappa shape index (κ3) is 7.96. The number of carbonyl (C=O) groups is 4. The minimum absolute atomic E-state index is 0.0621. The smallest absolute Gasteiger partial charge is 0.342 e. The molecule has 240 valence electrons. The minimum atomic E-state index is -4.88. The number of ether oxygens (including phenoxy) is 1. The molecule has 0 saturated heterocycles. The lowest BCUT2D eigenvalue weighted by molar-refractivity contribution is -0.130. The first kappa shape index (κ1) is 33.8. The maximum Gasteiger partial charge on any atom is 0.342 e. The minimum Gasteiger partial charge on any atom is -0.497 e. The van der Waals surface area contributed by atoms with Gasteiger partial charge in [0.2, 0.25) is 11.8 Å². The Morgan fingerprint density at radius 3 is 2.02 bits per heavy atom. The monoisotopic (exact) mass is 638 g/mol. The Morgan fingerprint density at radius 1 is 0.911 bits per heavy atom. The molecule has 3 aromatic rings. The summed E-state index contributed by atoms with van der Waals surface area (Å²) in [7, 11) is -1.90. The fraction of sp³-hybridized carbons (Fsp3) is 0.375. The molecular formula is C32H39N4O8P. The number of methoxy groups -OCH3 is 1. The average Bonchev–Trinajstić information content (AvgIpc) is 3.01. The van der Waals surface area contributed by atoms with Crippen molar-refractivity contribution < 1.29 is 38.3 Å². The summed E-state index contributed by atoms with van der Waals surface area (Å²) < 4.78 is 17.8. The number of nitrogens with zero attached hydrogens (tertiary/aromatic N) is 1. The van der Waals surface area contributed by atoms with Crippen LogP contribution in [0, 0.1) is 5.92 Å². The van der Waals surface area contributed by atoms with E-state index in [9.17, 15) is 33.5 Å². The van der Waals surface area contributed by atoms with Crippen molar-refractivity contribution in [3.63, 3.8) is 0 Å². The molecule has 1 aliphatic rings. The lowest BCUT2D eigenvalue weighted by atomic mass is 9.94.